The van der Waals surface area contributed by atoms with Crippen LogP contribution < -0.4 is 0 Å². The fourth-order valence-corrected chi connectivity index (χ4v) is 4.01. The van der Waals surface area contributed by atoms with Crippen molar-refractivity contribution in [3.8, 4) is 0 Å². The summed E-state index contributed by atoms with van der Waals surface area (Å²) in [6.07, 6.45) is 6.33. The van der Waals surface area contributed by atoms with E-state index in [9.17, 15) is 13.2 Å². The average Bonchev–Trinajstić information content (AvgIpc) is 2.61. The second-order valence-corrected chi connectivity index (χ2v) is 8.56. The number of hydrogen-bond donors (Lipinski definition) is 0. The van der Waals surface area contributed by atoms with Crippen molar-refractivity contribution in [2.75, 3.05) is 13.1 Å². The number of likely N-dealkylation sites (tertiary alicyclic amines) is 1. The van der Waals surface area contributed by atoms with Crippen molar-refractivity contribution in [3.63, 3.8) is 0 Å². The topological polar surface area (TPSA) is 3.24 Å². The molecule has 1 aliphatic rings. The Kier molecular flexibility index (Phi) is 8.65. The van der Waals surface area contributed by atoms with Gasteiger partial charge in [-0.2, -0.15) is 13.2 Å². The average molecular weight is 383 g/mol. The number of hydrogen-bond acceptors (Lipinski definition) is 1. The Hall–Kier alpha value is -1.03. The molecule has 1 radical (unpaired) electrons. The van der Waals surface area contributed by atoms with Crippen molar-refractivity contribution in [2.24, 2.45) is 11.8 Å². The van der Waals surface area contributed by atoms with Gasteiger partial charge in [-0.15, -0.1) is 0 Å². The summed E-state index contributed by atoms with van der Waals surface area (Å²) >= 11 is 0. The summed E-state index contributed by atoms with van der Waals surface area (Å²) in [7, 11) is 0. The highest BCUT2D eigenvalue weighted by atomic mass is 19.4. The van der Waals surface area contributed by atoms with Gasteiger partial charge in [0.2, 0.25) is 0 Å². The summed E-state index contributed by atoms with van der Waals surface area (Å²) in [5.41, 5.74) is 0.441. The monoisotopic (exact) mass is 382 g/mol. The van der Waals surface area contributed by atoms with E-state index in [1.807, 2.05) is 0 Å². The van der Waals surface area contributed by atoms with Gasteiger partial charge in [0.15, 0.2) is 0 Å². The lowest BCUT2D eigenvalue weighted by Gasteiger charge is -2.36. The number of piperidine rings is 1. The molecule has 1 heterocycles. The first-order valence-corrected chi connectivity index (χ1v) is 10.5. The lowest BCUT2D eigenvalue weighted by atomic mass is 9.93. The molecule has 0 spiro atoms. The molecule has 0 aromatic heterocycles. The molecule has 1 saturated heterocycles. The number of alkyl halides is 3. The van der Waals surface area contributed by atoms with E-state index in [1.54, 1.807) is 12.1 Å². The van der Waals surface area contributed by atoms with E-state index in [2.05, 4.69) is 32.1 Å². The van der Waals surface area contributed by atoms with E-state index >= 15 is 0 Å². The number of nitrogens with zero attached hydrogens (tertiary/aromatic N) is 1. The predicted molar refractivity (Wildman–Crippen MR) is 106 cm³/mol. The number of benzene rings is 1. The molecule has 1 aliphatic heterocycles. The zero-order valence-electron chi connectivity index (χ0n) is 17.1. The van der Waals surface area contributed by atoms with Crippen molar-refractivity contribution < 1.29 is 13.2 Å². The minimum Gasteiger partial charge on any atom is -0.296 e. The molecule has 1 unspecified atom stereocenters. The molecule has 0 bridgehead atoms. The Labute approximate surface area is 163 Å². The minimum atomic E-state index is -4.26. The van der Waals surface area contributed by atoms with Gasteiger partial charge in [0.25, 0.3) is 0 Å². The summed E-state index contributed by atoms with van der Waals surface area (Å²) in [5, 5.41) is 0. The molecule has 153 valence electrons. The first-order valence-electron chi connectivity index (χ1n) is 10.5. The molecule has 1 aromatic carbocycles. The molecule has 1 aromatic rings. The van der Waals surface area contributed by atoms with Crippen LogP contribution in [-0.2, 0) is 6.18 Å². The van der Waals surface area contributed by atoms with Crippen LogP contribution in [0.25, 0.3) is 0 Å². The molecular weight excluding hydrogens is 347 g/mol. The summed E-state index contributed by atoms with van der Waals surface area (Å²) in [5.74, 6) is 1.54. The van der Waals surface area contributed by atoms with Gasteiger partial charge < -0.3 is 0 Å². The van der Waals surface area contributed by atoms with Crippen LogP contribution >= 0.6 is 0 Å². The molecule has 0 aliphatic carbocycles. The Bertz CT molecular complexity index is 536. The maximum atomic E-state index is 12.8. The van der Waals surface area contributed by atoms with E-state index in [-0.39, 0.29) is 6.04 Å². The molecule has 0 N–H and O–H groups in total. The molecule has 1 nitrogen and oxygen atoms in total. The third-order valence-corrected chi connectivity index (χ3v) is 5.69. The maximum Gasteiger partial charge on any atom is 0.416 e. The summed E-state index contributed by atoms with van der Waals surface area (Å²) in [6, 6.07) is 5.98. The van der Waals surface area contributed by atoms with Gasteiger partial charge in [0.05, 0.1) is 5.56 Å². The van der Waals surface area contributed by atoms with Gasteiger partial charge >= 0.3 is 6.18 Å². The standard InChI is InChI=1S/C23H35F3N/c1-18(2)8-6-9-19(3)10-7-17-27-16-5-4-11-22(27)20-12-14-21(15-13-20)23(24,25)26/h4,12-15,18-19,22H,5-11,16-17H2,1-3H3/t19-,22?/m0/s1. The zero-order valence-corrected chi connectivity index (χ0v) is 17.1. The van der Waals surface area contributed by atoms with Gasteiger partial charge in [0, 0.05) is 6.04 Å². The van der Waals surface area contributed by atoms with Crippen LogP contribution in [0.4, 0.5) is 13.2 Å². The third-order valence-electron chi connectivity index (χ3n) is 5.69. The molecule has 0 amide bonds. The highest BCUT2D eigenvalue weighted by Gasteiger charge is 2.31. The fourth-order valence-electron chi connectivity index (χ4n) is 4.01. The van der Waals surface area contributed by atoms with Crippen molar-refractivity contribution in [3.05, 3.63) is 41.8 Å². The highest BCUT2D eigenvalue weighted by molar-refractivity contribution is 5.27. The Morgan fingerprint density at radius 3 is 2.30 bits per heavy atom. The molecule has 2 rings (SSSR count). The van der Waals surface area contributed by atoms with Crippen molar-refractivity contribution in [1.82, 2.24) is 4.90 Å². The number of rotatable bonds is 9. The van der Waals surface area contributed by atoms with E-state index in [0.717, 1.165) is 43.3 Å². The van der Waals surface area contributed by atoms with Crippen LogP contribution in [0.1, 0.15) is 82.9 Å². The largest absolute Gasteiger partial charge is 0.416 e. The predicted octanol–water partition coefficient (Wildman–Crippen LogP) is 7.29. The van der Waals surface area contributed by atoms with Gasteiger partial charge in [-0.05, 0) is 74.7 Å². The van der Waals surface area contributed by atoms with Crippen molar-refractivity contribution in [1.29, 1.82) is 0 Å². The van der Waals surface area contributed by atoms with E-state index in [1.165, 1.54) is 44.2 Å². The van der Waals surface area contributed by atoms with Crippen LogP contribution in [0.3, 0.4) is 0 Å². The van der Waals surface area contributed by atoms with Gasteiger partial charge in [-0.3, -0.25) is 4.90 Å². The van der Waals surface area contributed by atoms with Gasteiger partial charge in [-0.25, -0.2) is 0 Å². The normalized spacial score (nSPS) is 20.2. The van der Waals surface area contributed by atoms with Crippen LogP contribution in [0.2, 0.25) is 0 Å². The number of halogens is 3. The summed E-state index contributed by atoms with van der Waals surface area (Å²) in [4.78, 5) is 2.46. The quantitative estimate of drug-likeness (QED) is 0.433. The Balaban J connectivity index is 1.84. The Morgan fingerprint density at radius 1 is 1.00 bits per heavy atom. The highest BCUT2D eigenvalue weighted by Crippen LogP contribution is 2.34. The summed E-state index contributed by atoms with van der Waals surface area (Å²) < 4.78 is 38.4. The maximum absolute atomic E-state index is 12.8. The van der Waals surface area contributed by atoms with Crippen molar-refractivity contribution in [2.45, 2.75) is 77.9 Å². The van der Waals surface area contributed by atoms with E-state index in [4.69, 9.17) is 0 Å². The molecule has 4 heteroatoms. The molecular formula is C23H35F3N. The lowest BCUT2D eigenvalue weighted by Crippen LogP contribution is -2.34. The lowest BCUT2D eigenvalue weighted by molar-refractivity contribution is -0.137. The Morgan fingerprint density at radius 2 is 1.67 bits per heavy atom. The van der Waals surface area contributed by atoms with E-state index in [0.29, 0.717) is 0 Å². The third kappa shape index (κ3) is 7.48. The second kappa shape index (κ2) is 10.5. The minimum absolute atomic E-state index is 0.220. The first-order chi connectivity index (χ1) is 12.8. The smallest absolute Gasteiger partial charge is 0.296 e. The zero-order chi connectivity index (χ0) is 19.9. The molecule has 27 heavy (non-hydrogen) atoms. The SMILES string of the molecule is CC(C)CCC[C@H](C)CCCN1CC[CH]CC1c1ccc(C(F)(F)F)cc1. The van der Waals surface area contributed by atoms with Gasteiger partial charge in [-0.1, -0.05) is 52.2 Å². The second-order valence-electron chi connectivity index (χ2n) is 8.56. The first kappa shape index (κ1) is 22.3. The van der Waals surface area contributed by atoms with Crippen LogP contribution in [0.15, 0.2) is 24.3 Å². The van der Waals surface area contributed by atoms with Crippen LogP contribution in [0, 0.1) is 18.3 Å². The van der Waals surface area contributed by atoms with E-state index < -0.39 is 11.7 Å². The molecule has 2 atom stereocenters. The van der Waals surface area contributed by atoms with Crippen LogP contribution in [0.5, 0.6) is 0 Å². The van der Waals surface area contributed by atoms with Crippen LogP contribution in [-0.4, -0.2) is 18.0 Å². The van der Waals surface area contributed by atoms with Crippen molar-refractivity contribution >= 4 is 0 Å². The van der Waals surface area contributed by atoms with Gasteiger partial charge in [0.1, 0.15) is 0 Å². The molecule has 1 fully saturated rings. The fraction of sp³-hybridized carbons (Fsp3) is 0.696. The summed E-state index contributed by atoms with van der Waals surface area (Å²) in [6.45, 7) is 8.94. The molecule has 0 saturated carbocycles.